The van der Waals surface area contributed by atoms with E-state index in [2.05, 4.69) is 22.5 Å². The van der Waals surface area contributed by atoms with Crippen molar-refractivity contribution in [2.45, 2.75) is 51.7 Å². The second-order valence-electron chi connectivity index (χ2n) is 7.89. The highest BCUT2D eigenvalue weighted by molar-refractivity contribution is 14.0. The van der Waals surface area contributed by atoms with Crippen LogP contribution in [0, 0.1) is 0 Å². The van der Waals surface area contributed by atoms with Gasteiger partial charge in [-0.05, 0) is 56.7 Å². The molecule has 2 saturated heterocycles. The van der Waals surface area contributed by atoms with E-state index in [-0.39, 0.29) is 36.0 Å². The molecule has 31 heavy (non-hydrogen) atoms. The fourth-order valence-electron chi connectivity index (χ4n) is 3.77. The van der Waals surface area contributed by atoms with Crippen molar-refractivity contribution >= 4 is 35.8 Å². The van der Waals surface area contributed by atoms with E-state index in [1.165, 1.54) is 6.42 Å². The highest BCUT2D eigenvalue weighted by Crippen LogP contribution is 2.15. The summed E-state index contributed by atoms with van der Waals surface area (Å²) in [4.78, 5) is 19.4. The minimum absolute atomic E-state index is 0. The molecule has 2 N–H and O–H groups in total. The topological polar surface area (TPSA) is 75.2 Å². The standard InChI is InChI=1S/C23H36N4O3.HI/c1-2-24-23(25-11-7-14-30-21-10-15-29-18-21)26-17-19-8-6-9-20(16-19)22(28)27-12-4-3-5-13-27;/h6,8-9,16,21H,2-5,7,10-15,17-18H2,1H3,(H2,24,25,26);1H. The van der Waals surface area contributed by atoms with Gasteiger partial charge in [0.2, 0.25) is 0 Å². The van der Waals surface area contributed by atoms with Crippen LogP contribution in [0.2, 0.25) is 0 Å². The molecule has 0 aliphatic carbocycles. The number of ether oxygens (including phenoxy) is 2. The molecule has 2 aliphatic rings. The quantitative estimate of drug-likeness (QED) is 0.216. The zero-order valence-corrected chi connectivity index (χ0v) is 20.9. The smallest absolute Gasteiger partial charge is 0.253 e. The summed E-state index contributed by atoms with van der Waals surface area (Å²) in [6, 6.07) is 7.86. The summed E-state index contributed by atoms with van der Waals surface area (Å²) in [6.45, 7) is 8.18. The number of aliphatic imine (C=N–C) groups is 1. The van der Waals surface area contributed by atoms with Crippen LogP contribution in [0.15, 0.2) is 29.3 Å². The van der Waals surface area contributed by atoms with E-state index < -0.39 is 0 Å². The Hall–Kier alpha value is -1.39. The Morgan fingerprint density at radius 1 is 1.26 bits per heavy atom. The minimum atomic E-state index is 0. The molecule has 1 aromatic carbocycles. The van der Waals surface area contributed by atoms with Gasteiger partial charge in [0.15, 0.2) is 5.96 Å². The zero-order chi connectivity index (χ0) is 21.0. The molecule has 1 aromatic rings. The molecule has 0 radical (unpaired) electrons. The molecule has 7 nitrogen and oxygen atoms in total. The van der Waals surface area contributed by atoms with Crippen molar-refractivity contribution < 1.29 is 14.3 Å². The summed E-state index contributed by atoms with van der Waals surface area (Å²) in [7, 11) is 0. The molecule has 2 aliphatic heterocycles. The molecule has 0 aromatic heterocycles. The van der Waals surface area contributed by atoms with Gasteiger partial charge in [0.25, 0.3) is 5.91 Å². The average Bonchev–Trinajstić information content (AvgIpc) is 3.31. The predicted octanol–water partition coefficient (Wildman–Crippen LogP) is 3.18. The number of benzene rings is 1. The van der Waals surface area contributed by atoms with Gasteiger partial charge in [-0.3, -0.25) is 4.79 Å². The molecule has 3 rings (SSSR count). The van der Waals surface area contributed by atoms with Gasteiger partial charge in [-0.25, -0.2) is 4.99 Å². The predicted molar refractivity (Wildman–Crippen MR) is 134 cm³/mol. The van der Waals surface area contributed by atoms with Gasteiger partial charge in [-0.1, -0.05) is 12.1 Å². The SMILES string of the molecule is CCNC(=NCc1cccc(C(=O)N2CCCCC2)c1)NCCCOC1CCOC1.I. The molecular formula is C23H37IN4O3. The van der Waals surface area contributed by atoms with Crippen molar-refractivity contribution in [1.29, 1.82) is 0 Å². The number of halogens is 1. The van der Waals surface area contributed by atoms with Crippen LogP contribution in [-0.4, -0.2) is 68.9 Å². The van der Waals surface area contributed by atoms with Crippen molar-refractivity contribution in [2.24, 2.45) is 4.99 Å². The van der Waals surface area contributed by atoms with Crippen LogP contribution in [0.3, 0.4) is 0 Å². The number of piperidine rings is 1. The summed E-state index contributed by atoms with van der Waals surface area (Å²) in [5.74, 6) is 0.924. The van der Waals surface area contributed by atoms with Gasteiger partial charge in [-0.2, -0.15) is 0 Å². The normalized spacial score (nSPS) is 19.1. The van der Waals surface area contributed by atoms with Crippen LogP contribution in [0.4, 0.5) is 0 Å². The molecule has 174 valence electrons. The van der Waals surface area contributed by atoms with Gasteiger partial charge < -0.3 is 25.0 Å². The number of carbonyl (C=O) groups is 1. The van der Waals surface area contributed by atoms with Crippen LogP contribution in [0.1, 0.15) is 54.9 Å². The van der Waals surface area contributed by atoms with E-state index in [0.717, 1.165) is 88.8 Å². The number of likely N-dealkylation sites (tertiary alicyclic amines) is 1. The number of amides is 1. The van der Waals surface area contributed by atoms with E-state index in [0.29, 0.717) is 6.54 Å². The van der Waals surface area contributed by atoms with Crippen molar-refractivity contribution in [1.82, 2.24) is 15.5 Å². The summed E-state index contributed by atoms with van der Waals surface area (Å²) >= 11 is 0. The first-order chi connectivity index (χ1) is 14.8. The fourth-order valence-corrected chi connectivity index (χ4v) is 3.77. The zero-order valence-electron chi connectivity index (χ0n) is 18.6. The highest BCUT2D eigenvalue weighted by atomic mass is 127. The Kier molecular flexibility index (Phi) is 12.2. The number of carbonyl (C=O) groups excluding carboxylic acids is 1. The summed E-state index contributed by atoms with van der Waals surface area (Å²) in [6.07, 6.45) is 5.60. The van der Waals surface area contributed by atoms with E-state index in [1.807, 2.05) is 29.2 Å². The molecule has 0 saturated carbocycles. The van der Waals surface area contributed by atoms with Crippen LogP contribution < -0.4 is 10.6 Å². The maximum absolute atomic E-state index is 12.7. The van der Waals surface area contributed by atoms with E-state index in [4.69, 9.17) is 9.47 Å². The lowest BCUT2D eigenvalue weighted by Gasteiger charge is -2.26. The number of hydrogen-bond acceptors (Lipinski definition) is 4. The molecule has 1 unspecified atom stereocenters. The lowest BCUT2D eigenvalue weighted by Crippen LogP contribution is -2.38. The molecule has 2 fully saturated rings. The number of guanidine groups is 1. The molecule has 2 heterocycles. The Morgan fingerprint density at radius 3 is 2.84 bits per heavy atom. The number of nitrogens with one attached hydrogen (secondary N) is 2. The molecule has 1 amide bonds. The molecule has 0 bridgehead atoms. The molecular weight excluding hydrogens is 507 g/mol. The second-order valence-corrected chi connectivity index (χ2v) is 7.89. The Labute approximate surface area is 203 Å². The lowest BCUT2D eigenvalue weighted by molar-refractivity contribution is 0.0420. The van der Waals surface area contributed by atoms with Crippen LogP contribution in [-0.2, 0) is 16.0 Å². The van der Waals surface area contributed by atoms with E-state index in [9.17, 15) is 4.79 Å². The van der Waals surface area contributed by atoms with E-state index in [1.54, 1.807) is 0 Å². The van der Waals surface area contributed by atoms with Crippen LogP contribution in [0.5, 0.6) is 0 Å². The molecule has 0 spiro atoms. The van der Waals surface area contributed by atoms with Crippen molar-refractivity contribution in [3.63, 3.8) is 0 Å². The lowest BCUT2D eigenvalue weighted by atomic mass is 10.1. The highest BCUT2D eigenvalue weighted by Gasteiger charge is 2.18. The number of nitrogens with zero attached hydrogens (tertiary/aromatic N) is 2. The number of hydrogen-bond donors (Lipinski definition) is 2. The first-order valence-electron chi connectivity index (χ1n) is 11.4. The van der Waals surface area contributed by atoms with Gasteiger partial charge >= 0.3 is 0 Å². The molecule has 8 heteroatoms. The third-order valence-electron chi connectivity index (χ3n) is 5.44. The van der Waals surface area contributed by atoms with Gasteiger partial charge in [0, 0.05) is 45.0 Å². The Balaban J connectivity index is 0.00000341. The molecule has 1 atom stereocenters. The third kappa shape index (κ3) is 8.94. The van der Waals surface area contributed by atoms with Crippen molar-refractivity contribution in [3.05, 3.63) is 35.4 Å². The van der Waals surface area contributed by atoms with Gasteiger partial charge in [0.1, 0.15) is 0 Å². The first kappa shape index (κ1) is 25.9. The van der Waals surface area contributed by atoms with Crippen molar-refractivity contribution in [3.8, 4) is 0 Å². The monoisotopic (exact) mass is 544 g/mol. The maximum atomic E-state index is 12.7. The number of rotatable bonds is 9. The summed E-state index contributed by atoms with van der Waals surface area (Å²) in [5, 5.41) is 6.63. The van der Waals surface area contributed by atoms with Crippen molar-refractivity contribution in [2.75, 3.05) is 46.0 Å². The second kappa shape index (κ2) is 14.6. The van der Waals surface area contributed by atoms with Gasteiger partial charge in [-0.15, -0.1) is 24.0 Å². The third-order valence-corrected chi connectivity index (χ3v) is 5.44. The largest absolute Gasteiger partial charge is 0.379 e. The van der Waals surface area contributed by atoms with E-state index >= 15 is 0 Å². The summed E-state index contributed by atoms with van der Waals surface area (Å²) in [5.41, 5.74) is 1.80. The minimum Gasteiger partial charge on any atom is -0.379 e. The van der Waals surface area contributed by atoms with Gasteiger partial charge in [0.05, 0.1) is 19.3 Å². The Morgan fingerprint density at radius 2 is 2.10 bits per heavy atom. The average molecular weight is 544 g/mol. The van der Waals surface area contributed by atoms with Crippen LogP contribution >= 0.6 is 24.0 Å². The maximum Gasteiger partial charge on any atom is 0.253 e. The summed E-state index contributed by atoms with van der Waals surface area (Å²) < 4.78 is 11.1. The Bertz CT molecular complexity index is 689. The van der Waals surface area contributed by atoms with Crippen LogP contribution in [0.25, 0.3) is 0 Å². The fraction of sp³-hybridized carbons (Fsp3) is 0.652. The first-order valence-corrected chi connectivity index (χ1v) is 11.4.